The van der Waals surface area contributed by atoms with Gasteiger partial charge in [-0.05, 0) is 11.1 Å². The van der Waals surface area contributed by atoms with E-state index in [1.165, 1.54) is 7.11 Å². The van der Waals surface area contributed by atoms with Crippen molar-refractivity contribution in [2.45, 2.75) is 5.92 Å². The van der Waals surface area contributed by atoms with E-state index in [1.54, 1.807) is 72.8 Å². The third-order valence-electron chi connectivity index (χ3n) is 6.61. The predicted octanol–water partition coefficient (Wildman–Crippen LogP) is 5.53. The smallest absolute Gasteiger partial charge is 0.342 e. The largest absolute Gasteiger partial charge is 0.465 e. The summed E-state index contributed by atoms with van der Waals surface area (Å²) in [7, 11) is 1.20. The summed E-state index contributed by atoms with van der Waals surface area (Å²) in [6.07, 6.45) is 1.99. The maximum Gasteiger partial charge on any atom is 0.342 e. The Morgan fingerprint density at radius 3 is 1.69 bits per heavy atom. The topological polar surface area (TPSA) is 96.0 Å². The van der Waals surface area contributed by atoms with E-state index in [0.29, 0.717) is 33.0 Å². The number of carbonyl (C=O) groups is 4. The average molecular weight is 519 g/mol. The standard InChI is InChI=1S/C32H22O7/c1-4-24(33)38-30-22-16-10-11-17-23(22)31(39-25(34)5-2)28(32(36)37-3)27(30)26-18-12-6-8-14-20(18)29(35)21-15-9-7-13-19(21)26/h4-17,26H,1-2H2,3H3. The van der Waals surface area contributed by atoms with Crippen LogP contribution < -0.4 is 9.47 Å². The van der Waals surface area contributed by atoms with Crippen molar-refractivity contribution in [2.75, 3.05) is 7.11 Å². The summed E-state index contributed by atoms with van der Waals surface area (Å²) in [5.41, 5.74) is 2.10. The number of hydrogen-bond donors (Lipinski definition) is 0. The summed E-state index contributed by atoms with van der Waals surface area (Å²) in [5.74, 6) is -3.37. The third kappa shape index (κ3) is 4.20. The Bertz CT molecular complexity index is 1660. The van der Waals surface area contributed by atoms with Gasteiger partial charge in [-0.1, -0.05) is 86.0 Å². The molecule has 0 unspecified atom stereocenters. The number of carbonyl (C=O) groups excluding carboxylic acids is 4. The fraction of sp³-hybridized carbons (Fsp3) is 0.0625. The van der Waals surface area contributed by atoms with Gasteiger partial charge in [0.05, 0.1) is 7.11 Å². The second-order valence-electron chi connectivity index (χ2n) is 8.67. The van der Waals surface area contributed by atoms with Crippen LogP contribution in [0.4, 0.5) is 0 Å². The first-order valence-corrected chi connectivity index (χ1v) is 12.0. The number of fused-ring (bicyclic) bond motifs is 3. The van der Waals surface area contributed by atoms with Crippen LogP contribution >= 0.6 is 0 Å². The molecule has 7 nitrogen and oxygen atoms in total. The summed E-state index contributed by atoms with van der Waals surface area (Å²) < 4.78 is 16.7. The molecule has 4 aromatic rings. The minimum atomic E-state index is -0.828. The first-order valence-electron chi connectivity index (χ1n) is 12.0. The van der Waals surface area contributed by atoms with E-state index >= 15 is 0 Å². The van der Waals surface area contributed by atoms with Crippen molar-refractivity contribution in [2.24, 2.45) is 0 Å². The number of ketones is 1. The fourth-order valence-electron chi connectivity index (χ4n) is 5.01. The number of methoxy groups -OCH3 is 1. The van der Waals surface area contributed by atoms with Crippen LogP contribution in [0.3, 0.4) is 0 Å². The van der Waals surface area contributed by atoms with E-state index < -0.39 is 23.8 Å². The SMILES string of the molecule is C=CC(=O)Oc1c(C(=O)OC)c(C2c3ccccc3C(=O)c3ccccc32)c(OC(=O)C=C)c2ccccc12. The molecule has 0 atom stereocenters. The number of esters is 3. The van der Waals surface area contributed by atoms with Gasteiger partial charge in [0.2, 0.25) is 0 Å². The van der Waals surface area contributed by atoms with Gasteiger partial charge >= 0.3 is 17.9 Å². The van der Waals surface area contributed by atoms with Crippen LogP contribution in [0.15, 0.2) is 98.1 Å². The minimum Gasteiger partial charge on any atom is -0.465 e. The average Bonchev–Trinajstić information content (AvgIpc) is 2.98. The molecular weight excluding hydrogens is 496 g/mol. The molecule has 4 aromatic carbocycles. The van der Waals surface area contributed by atoms with Gasteiger partial charge in [0.25, 0.3) is 0 Å². The lowest BCUT2D eigenvalue weighted by Crippen LogP contribution is -2.24. The van der Waals surface area contributed by atoms with Crippen molar-refractivity contribution in [1.82, 2.24) is 0 Å². The molecule has 39 heavy (non-hydrogen) atoms. The molecule has 1 aliphatic carbocycles. The van der Waals surface area contributed by atoms with Gasteiger partial charge in [0.1, 0.15) is 11.3 Å². The van der Waals surface area contributed by atoms with E-state index in [4.69, 9.17) is 14.2 Å². The van der Waals surface area contributed by atoms with Crippen molar-refractivity contribution >= 4 is 34.5 Å². The van der Waals surface area contributed by atoms with Gasteiger partial charge in [-0.2, -0.15) is 0 Å². The van der Waals surface area contributed by atoms with Crippen molar-refractivity contribution in [1.29, 1.82) is 0 Å². The minimum absolute atomic E-state index is 0.0539. The van der Waals surface area contributed by atoms with Crippen molar-refractivity contribution in [3.05, 3.63) is 131 Å². The quantitative estimate of drug-likeness (QED) is 0.166. The molecule has 0 amide bonds. The molecule has 0 radical (unpaired) electrons. The summed E-state index contributed by atoms with van der Waals surface area (Å²) in [4.78, 5) is 52.1. The number of benzene rings is 4. The molecule has 0 fully saturated rings. The molecule has 0 N–H and O–H groups in total. The highest BCUT2D eigenvalue weighted by Crippen LogP contribution is 2.51. The molecule has 192 valence electrons. The van der Waals surface area contributed by atoms with Gasteiger partial charge in [-0.15, -0.1) is 0 Å². The molecule has 0 saturated carbocycles. The van der Waals surface area contributed by atoms with E-state index in [0.717, 1.165) is 12.2 Å². The van der Waals surface area contributed by atoms with Crippen LogP contribution in [0, 0.1) is 0 Å². The highest BCUT2D eigenvalue weighted by atomic mass is 16.5. The zero-order valence-electron chi connectivity index (χ0n) is 20.9. The number of rotatable bonds is 6. The second kappa shape index (κ2) is 10.2. The molecule has 0 aliphatic heterocycles. The molecule has 5 rings (SSSR count). The maximum absolute atomic E-state index is 13.5. The van der Waals surface area contributed by atoms with E-state index in [1.807, 2.05) is 0 Å². The summed E-state index contributed by atoms with van der Waals surface area (Å²) in [6, 6.07) is 20.7. The zero-order chi connectivity index (χ0) is 27.7. The number of hydrogen-bond acceptors (Lipinski definition) is 7. The molecule has 0 heterocycles. The lowest BCUT2D eigenvalue weighted by Gasteiger charge is -2.31. The van der Waals surface area contributed by atoms with Gasteiger partial charge in [0.15, 0.2) is 11.5 Å². The van der Waals surface area contributed by atoms with E-state index in [9.17, 15) is 19.2 Å². The van der Waals surface area contributed by atoms with Crippen molar-refractivity contribution < 1.29 is 33.4 Å². The number of ether oxygens (including phenoxy) is 3. The predicted molar refractivity (Wildman–Crippen MR) is 144 cm³/mol. The molecule has 1 aliphatic rings. The second-order valence-corrected chi connectivity index (χ2v) is 8.67. The van der Waals surface area contributed by atoms with Crippen LogP contribution in [0.2, 0.25) is 0 Å². The highest BCUT2D eigenvalue weighted by molar-refractivity contribution is 6.14. The van der Waals surface area contributed by atoms with Crippen LogP contribution in [-0.2, 0) is 14.3 Å². The normalized spacial score (nSPS) is 12.2. The van der Waals surface area contributed by atoms with Gasteiger partial charge in [-0.3, -0.25) is 4.79 Å². The van der Waals surface area contributed by atoms with Gasteiger partial charge < -0.3 is 14.2 Å². The highest BCUT2D eigenvalue weighted by Gasteiger charge is 2.39. The van der Waals surface area contributed by atoms with Crippen LogP contribution in [0.25, 0.3) is 10.8 Å². The Morgan fingerprint density at radius 2 is 1.18 bits per heavy atom. The Labute approximate surface area is 223 Å². The zero-order valence-corrected chi connectivity index (χ0v) is 20.9. The van der Waals surface area contributed by atoms with Crippen LogP contribution in [0.5, 0.6) is 11.5 Å². The first kappa shape index (κ1) is 25.4. The maximum atomic E-state index is 13.5. The van der Waals surface area contributed by atoms with E-state index in [-0.39, 0.29) is 28.4 Å². The summed E-state index contributed by atoms with van der Waals surface area (Å²) in [6.45, 7) is 6.98. The Morgan fingerprint density at radius 1 is 0.718 bits per heavy atom. The van der Waals surface area contributed by atoms with Crippen molar-refractivity contribution in [3.8, 4) is 11.5 Å². The Kier molecular flexibility index (Phi) is 6.64. The molecule has 0 saturated heterocycles. The van der Waals surface area contributed by atoms with Crippen LogP contribution in [-0.4, -0.2) is 30.8 Å². The molecule has 0 spiro atoms. The van der Waals surface area contributed by atoms with E-state index in [2.05, 4.69) is 13.2 Å². The van der Waals surface area contributed by atoms with Crippen LogP contribution in [0.1, 0.15) is 48.9 Å². The van der Waals surface area contributed by atoms with Crippen molar-refractivity contribution in [3.63, 3.8) is 0 Å². The molecule has 0 bridgehead atoms. The Hall–Kier alpha value is -5.30. The summed E-state index contributed by atoms with van der Waals surface area (Å²) in [5, 5.41) is 0.728. The first-order chi connectivity index (χ1) is 18.9. The lowest BCUT2D eigenvalue weighted by atomic mass is 9.72. The third-order valence-corrected chi connectivity index (χ3v) is 6.61. The van der Waals surface area contributed by atoms with Gasteiger partial charge in [0, 0.05) is 45.5 Å². The molecule has 0 aromatic heterocycles. The van der Waals surface area contributed by atoms with Gasteiger partial charge in [-0.25, -0.2) is 14.4 Å². The fourth-order valence-corrected chi connectivity index (χ4v) is 5.01. The monoisotopic (exact) mass is 518 g/mol. The molecular formula is C32H22O7. The lowest BCUT2D eigenvalue weighted by molar-refractivity contribution is -0.130. The summed E-state index contributed by atoms with van der Waals surface area (Å²) >= 11 is 0. The Balaban J connectivity index is 2.01. The molecule has 7 heteroatoms.